The van der Waals surface area contributed by atoms with Crippen molar-refractivity contribution < 1.29 is 0 Å². The molecule has 0 unspecified atom stereocenters. The Balaban J connectivity index is 2.79. The summed E-state index contributed by atoms with van der Waals surface area (Å²) in [7, 11) is 0. The van der Waals surface area contributed by atoms with E-state index in [1.165, 1.54) is 5.56 Å². The average molecular weight is 210 g/mol. The van der Waals surface area contributed by atoms with E-state index in [-0.39, 0.29) is 11.7 Å². The number of hydrogen-bond acceptors (Lipinski definition) is 2. The predicted octanol–water partition coefficient (Wildman–Crippen LogP) is 1.98. The summed E-state index contributed by atoms with van der Waals surface area (Å²) in [5.74, 6) is 0. The van der Waals surface area contributed by atoms with Crippen molar-refractivity contribution in [3.63, 3.8) is 0 Å². The van der Waals surface area contributed by atoms with Crippen molar-refractivity contribution in [1.82, 2.24) is 9.55 Å². The number of nitrogens with zero attached hydrogens (tertiary/aromatic N) is 1. The fourth-order valence-electron chi connectivity index (χ4n) is 2.14. The molecular formula is C10H14N2OS. The monoisotopic (exact) mass is 210 g/mol. The van der Waals surface area contributed by atoms with Crippen LogP contribution >= 0.6 is 12.2 Å². The zero-order chi connectivity index (χ0) is 10.3. The van der Waals surface area contributed by atoms with E-state index < -0.39 is 0 Å². The number of rotatable bonds is 1. The summed E-state index contributed by atoms with van der Waals surface area (Å²) in [6.07, 6.45) is 3.11. The summed E-state index contributed by atoms with van der Waals surface area (Å²) in [6, 6.07) is 0.209. The maximum atomic E-state index is 11.7. The summed E-state index contributed by atoms with van der Waals surface area (Å²) < 4.78 is 2.47. The number of nitrogens with one attached hydrogen (secondary N) is 1. The van der Waals surface area contributed by atoms with Gasteiger partial charge in [-0.1, -0.05) is 12.2 Å². The van der Waals surface area contributed by atoms with Gasteiger partial charge in [-0.05, 0) is 33.1 Å². The highest BCUT2D eigenvalue weighted by molar-refractivity contribution is 7.71. The van der Waals surface area contributed by atoms with Crippen LogP contribution in [-0.2, 0) is 12.8 Å². The van der Waals surface area contributed by atoms with Gasteiger partial charge in [0.05, 0.1) is 0 Å². The normalized spacial score (nSPS) is 14.8. The zero-order valence-electron chi connectivity index (χ0n) is 8.46. The van der Waals surface area contributed by atoms with E-state index in [0.717, 1.165) is 25.0 Å². The van der Waals surface area contributed by atoms with E-state index in [9.17, 15) is 4.79 Å². The van der Waals surface area contributed by atoms with Crippen LogP contribution in [-0.4, -0.2) is 9.55 Å². The highest BCUT2D eigenvalue weighted by Crippen LogP contribution is 2.22. The van der Waals surface area contributed by atoms with Crippen molar-refractivity contribution in [3.05, 3.63) is 26.4 Å². The first-order valence-corrected chi connectivity index (χ1v) is 5.38. The zero-order valence-corrected chi connectivity index (χ0v) is 9.28. The molecule has 0 spiro atoms. The van der Waals surface area contributed by atoms with Crippen LogP contribution in [0.4, 0.5) is 0 Å². The van der Waals surface area contributed by atoms with Gasteiger partial charge in [0.1, 0.15) is 4.64 Å². The van der Waals surface area contributed by atoms with E-state index in [0.29, 0.717) is 4.64 Å². The lowest BCUT2D eigenvalue weighted by Gasteiger charge is -2.14. The van der Waals surface area contributed by atoms with Gasteiger partial charge in [0.15, 0.2) is 0 Å². The second-order valence-electron chi connectivity index (χ2n) is 4.00. The van der Waals surface area contributed by atoms with Crippen LogP contribution in [0, 0.1) is 4.64 Å². The molecule has 0 aliphatic heterocycles. The number of hydrogen-bond donors (Lipinski definition) is 1. The van der Waals surface area contributed by atoms with Crippen LogP contribution in [0.25, 0.3) is 0 Å². The largest absolute Gasteiger partial charge is 0.326 e. The molecule has 0 amide bonds. The molecule has 3 nitrogen and oxygen atoms in total. The standard InChI is InChI=1S/C10H14N2OS/c1-6(2)12-8-5-3-4-7(8)9(14)11-10(12)13/h6H,3-5H2,1-2H3,(H,11,13,14). The molecule has 1 aromatic rings. The summed E-state index contributed by atoms with van der Waals surface area (Å²) in [5, 5.41) is 0. The lowest BCUT2D eigenvalue weighted by atomic mass is 10.2. The first kappa shape index (κ1) is 9.65. The maximum absolute atomic E-state index is 11.7. The molecule has 76 valence electrons. The van der Waals surface area contributed by atoms with Gasteiger partial charge in [-0.25, -0.2) is 4.79 Å². The Labute approximate surface area is 87.8 Å². The lowest BCUT2D eigenvalue weighted by molar-refractivity contribution is 0.539. The Bertz CT molecular complexity index is 470. The fourth-order valence-corrected chi connectivity index (χ4v) is 2.45. The van der Waals surface area contributed by atoms with Gasteiger partial charge in [0, 0.05) is 17.3 Å². The Morgan fingerprint density at radius 2 is 2.14 bits per heavy atom. The third-order valence-electron chi connectivity index (χ3n) is 2.71. The Kier molecular flexibility index (Phi) is 2.31. The quantitative estimate of drug-likeness (QED) is 0.720. The molecule has 0 saturated carbocycles. The summed E-state index contributed by atoms with van der Waals surface area (Å²) in [6.45, 7) is 4.05. The molecule has 1 heterocycles. The van der Waals surface area contributed by atoms with Crippen LogP contribution < -0.4 is 5.69 Å². The molecule has 4 heteroatoms. The van der Waals surface area contributed by atoms with Gasteiger partial charge in [-0.15, -0.1) is 0 Å². The van der Waals surface area contributed by atoms with E-state index in [2.05, 4.69) is 4.98 Å². The number of fused-ring (bicyclic) bond motifs is 1. The Morgan fingerprint density at radius 1 is 1.43 bits per heavy atom. The van der Waals surface area contributed by atoms with Crippen LogP contribution in [0.15, 0.2) is 4.79 Å². The molecule has 1 aliphatic rings. The van der Waals surface area contributed by atoms with Gasteiger partial charge in [-0.2, -0.15) is 0 Å². The van der Waals surface area contributed by atoms with Crippen LogP contribution in [0.1, 0.15) is 37.6 Å². The highest BCUT2D eigenvalue weighted by atomic mass is 32.1. The molecule has 1 aromatic heterocycles. The second-order valence-corrected chi connectivity index (χ2v) is 4.41. The van der Waals surface area contributed by atoms with Gasteiger partial charge < -0.3 is 0 Å². The number of aromatic amines is 1. The highest BCUT2D eigenvalue weighted by Gasteiger charge is 2.19. The van der Waals surface area contributed by atoms with E-state index in [4.69, 9.17) is 12.2 Å². The molecule has 2 rings (SSSR count). The summed E-state index contributed by atoms with van der Waals surface area (Å²) in [4.78, 5) is 14.4. The topological polar surface area (TPSA) is 37.8 Å². The van der Waals surface area contributed by atoms with Crippen molar-refractivity contribution >= 4 is 12.2 Å². The van der Waals surface area contributed by atoms with Crippen molar-refractivity contribution in [2.45, 2.75) is 39.2 Å². The Morgan fingerprint density at radius 3 is 2.79 bits per heavy atom. The van der Waals surface area contributed by atoms with Crippen molar-refractivity contribution in [3.8, 4) is 0 Å². The molecule has 0 radical (unpaired) electrons. The predicted molar refractivity (Wildman–Crippen MR) is 58.3 cm³/mol. The maximum Gasteiger partial charge on any atom is 0.326 e. The molecule has 1 aliphatic carbocycles. The number of aromatic nitrogens is 2. The van der Waals surface area contributed by atoms with Gasteiger partial charge >= 0.3 is 5.69 Å². The third kappa shape index (κ3) is 1.34. The molecule has 1 N–H and O–H groups in total. The summed E-state index contributed by atoms with van der Waals surface area (Å²) >= 11 is 5.14. The molecule has 0 fully saturated rings. The molecular weight excluding hydrogens is 196 g/mol. The molecule has 0 bridgehead atoms. The van der Waals surface area contributed by atoms with Crippen LogP contribution in [0.2, 0.25) is 0 Å². The molecule has 14 heavy (non-hydrogen) atoms. The van der Waals surface area contributed by atoms with Crippen LogP contribution in [0.5, 0.6) is 0 Å². The van der Waals surface area contributed by atoms with Crippen molar-refractivity contribution in [1.29, 1.82) is 0 Å². The van der Waals surface area contributed by atoms with Crippen molar-refractivity contribution in [2.24, 2.45) is 0 Å². The SMILES string of the molecule is CC(C)n1c2c(c(=S)[nH]c1=O)CCC2. The van der Waals surface area contributed by atoms with Gasteiger partial charge in [0.25, 0.3) is 0 Å². The number of H-pyrrole nitrogens is 1. The lowest BCUT2D eigenvalue weighted by Crippen LogP contribution is -2.28. The van der Waals surface area contributed by atoms with Crippen LogP contribution in [0.3, 0.4) is 0 Å². The minimum atomic E-state index is -0.0642. The first-order chi connectivity index (χ1) is 6.61. The minimum absolute atomic E-state index is 0.0642. The van der Waals surface area contributed by atoms with E-state index in [1.54, 1.807) is 0 Å². The average Bonchev–Trinajstić information content (AvgIpc) is 2.51. The molecule has 0 aromatic carbocycles. The van der Waals surface area contributed by atoms with Gasteiger partial charge in [0.2, 0.25) is 0 Å². The second kappa shape index (κ2) is 3.35. The summed E-state index contributed by atoms with van der Waals surface area (Å²) in [5.41, 5.74) is 2.26. The molecule has 0 atom stereocenters. The van der Waals surface area contributed by atoms with Crippen molar-refractivity contribution in [2.75, 3.05) is 0 Å². The minimum Gasteiger partial charge on any atom is -0.298 e. The van der Waals surface area contributed by atoms with E-state index in [1.807, 2.05) is 18.4 Å². The third-order valence-corrected chi connectivity index (χ3v) is 3.06. The smallest absolute Gasteiger partial charge is 0.298 e. The molecule has 0 saturated heterocycles. The fraction of sp³-hybridized carbons (Fsp3) is 0.600. The van der Waals surface area contributed by atoms with Gasteiger partial charge in [-0.3, -0.25) is 9.55 Å². The first-order valence-electron chi connectivity index (χ1n) is 4.98. The van der Waals surface area contributed by atoms with E-state index >= 15 is 0 Å². The Hall–Kier alpha value is -0.900.